The van der Waals surface area contributed by atoms with Gasteiger partial charge in [-0.1, -0.05) is 45.0 Å². The lowest BCUT2D eigenvalue weighted by molar-refractivity contribution is 0.565. The molecule has 0 aliphatic heterocycles. The second-order valence-corrected chi connectivity index (χ2v) is 4.93. The maximum absolute atomic E-state index is 4.33. The fraction of sp³-hybridized carbons (Fsp3) is 0.385. The summed E-state index contributed by atoms with van der Waals surface area (Å²) in [6, 6.07) is 8.33. The van der Waals surface area contributed by atoms with E-state index in [-0.39, 0.29) is 5.41 Å². The van der Waals surface area contributed by atoms with Gasteiger partial charge in [-0.2, -0.15) is 10.2 Å². The highest BCUT2D eigenvalue weighted by Crippen LogP contribution is 2.28. The topological polar surface area (TPSA) is 25.8 Å². The molecule has 0 spiro atoms. The maximum atomic E-state index is 4.33. The summed E-state index contributed by atoms with van der Waals surface area (Å²) in [6.45, 7) is 8.50. The van der Waals surface area contributed by atoms with Gasteiger partial charge in [0.1, 0.15) is 0 Å². The van der Waals surface area contributed by atoms with E-state index in [0.717, 1.165) is 11.4 Å². The molecular weight excluding hydrogens is 184 g/mol. The molecule has 0 radical (unpaired) electrons. The third-order valence-corrected chi connectivity index (χ3v) is 2.58. The Morgan fingerprint density at radius 2 is 1.53 bits per heavy atom. The molecule has 0 saturated heterocycles. The van der Waals surface area contributed by atoms with Crippen molar-refractivity contribution in [3.05, 3.63) is 35.7 Å². The number of hydrogen-bond acceptors (Lipinski definition) is 2. The zero-order valence-corrected chi connectivity index (χ0v) is 9.70. The quantitative estimate of drug-likeness (QED) is 0.652. The van der Waals surface area contributed by atoms with Gasteiger partial charge in [0.2, 0.25) is 0 Å². The van der Waals surface area contributed by atoms with Crippen LogP contribution in [0.25, 0.3) is 10.8 Å². The fourth-order valence-corrected chi connectivity index (χ4v) is 1.79. The Balaban J connectivity index is 2.84. The molecule has 0 fully saturated rings. The first kappa shape index (κ1) is 10.1. The van der Waals surface area contributed by atoms with Crippen molar-refractivity contribution < 1.29 is 0 Å². The van der Waals surface area contributed by atoms with E-state index in [1.807, 2.05) is 13.0 Å². The molecule has 2 rings (SSSR count). The molecule has 0 aliphatic rings. The largest absolute Gasteiger partial charge is 0.155 e. The number of rotatable bonds is 0. The summed E-state index contributed by atoms with van der Waals surface area (Å²) in [5.41, 5.74) is 2.11. The van der Waals surface area contributed by atoms with E-state index >= 15 is 0 Å². The summed E-state index contributed by atoms with van der Waals surface area (Å²) in [5, 5.41) is 11.0. The van der Waals surface area contributed by atoms with Gasteiger partial charge in [0.05, 0.1) is 11.4 Å². The predicted molar refractivity (Wildman–Crippen MR) is 63.0 cm³/mol. The van der Waals surface area contributed by atoms with Gasteiger partial charge in [0, 0.05) is 16.2 Å². The molecule has 15 heavy (non-hydrogen) atoms. The van der Waals surface area contributed by atoms with Crippen molar-refractivity contribution in [2.45, 2.75) is 33.1 Å². The SMILES string of the molecule is Cc1nnc(C(C)(C)C)c2ccccc12. The first-order valence-corrected chi connectivity index (χ1v) is 5.22. The number of fused-ring (bicyclic) bond motifs is 1. The van der Waals surface area contributed by atoms with Gasteiger partial charge in [-0.25, -0.2) is 0 Å². The molecule has 2 nitrogen and oxygen atoms in total. The molecule has 78 valence electrons. The first-order valence-electron chi connectivity index (χ1n) is 5.22. The van der Waals surface area contributed by atoms with Crippen molar-refractivity contribution in [1.29, 1.82) is 0 Å². The summed E-state index contributed by atoms with van der Waals surface area (Å²) in [4.78, 5) is 0. The van der Waals surface area contributed by atoms with Crippen LogP contribution in [0.5, 0.6) is 0 Å². The Labute approximate surface area is 90.3 Å². The average Bonchev–Trinajstić information content (AvgIpc) is 2.17. The monoisotopic (exact) mass is 200 g/mol. The van der Waals surface area contributed by atoms with Crippen molar-refractivity contribution in [2.75, 3.05) is 0 Å². The van der Waals surface area contributed by atoms with E-state index in [1.165, 1.54) is 10.8 Å². The Kier molecular flexibility index (Phi) is 2.22. The minimum atomic E-state index is 0.0420. The van der Waals surface area contributed by atoms with Crippen LogP contribution in [0.1, 0.15) is 32.2 Å². The standard InChI is InChI=1S/C13H16N2/c1-9-10-7-5-6-8-11(10)12(15-14-9)13(2,3)4/h5-8H,1-4H3. The van der Waals surface area contributed by atoms with Crippen LogP contribution in [-0.4, -0.2) is 10.2 Å². The molecule has 0 bridgehead atoms. The number of hydrogen-bond donors (Lipinski definition) is 0. The first-order chi connectivity index (χ1) is 7.00. The van der Waals surface area contributed by atoms with Gasteiger partial charge in [-0.05, 0) is 6.92 Å². The van der Waals surface area contributed by atoms with E-state index in [2.05, 4.69) is 49.2 Å². The van der Waals surface area contributed by atoms with Gasteiger partial charge < -0.3 is 0 Å². The van der Waals surface area contributed by atoms with Crippen LogP contribution < -0.4 is 0 Å². The van der Waals surface area contributed by atoms with Crippen LogP contribution in [0.15, 0.2) is 24.3 Å². The van der Waals surface area contributed by atoms with Crippen molar-refractivity contribution in [1.82, 2.24) is 10.2 Å². The Morgan fingerprint density at radius 1 is 0.933 bits per heavy atom. The molecule has 0 amide bonds. The highest BCUT2D eigenvalue weighted by molar-refractivity contribution is 5.86. The number of benzene rings is 1. The van der Waals surface area contributed by atoms with E-state index in [9.17, 15) is 0 Å². The van der Waals surface area contributed by atoms with Crippen molar-refractivity contribution in [3.8, 4) is 0 Å². The molecule has 0 N–H and O–H groups in total. The Hall–Kier alpha value is -1.44. The molecule has 1 aromatic heterocycles. The van der Waals surface area contributed by atoms with Crippen LogP contribution >= 0.6 is 0 Å². The molecule has 1 heterocycles. The van der Waals surface area contributed by atoms with Gasteiger partial charge in [-0.3, -0.25) is 0 Å². The summed E-state index contributed by atoms with van der Waals surface area (Å²) in [7, 11) is 0. The Morgan fingerprint density at radius 3 is 2.13 bits per heavy atom. The fourth-order valence-electron chi connectivity index (χ4n) is 1.79. The second kappa shape index (κ2) is 3.30. The zero-order chi connectivity index (χ0) is 11.1. The third-order valence-electron chi connectivity index (χ3n) is 2.58. The van der Waals surface area contributed by atoms with Crippen LogP contribution in [0.3, 0.4) is 0 Å². The molecule has 1 aromatic carbocycles. The normalized spacial score (nSPS) is 12.0. The lowest BCUT2D eigenvalue weighted by Gasteiger charge is -2.19. The summed E-state index contributed by atoms with van der Waals surface area (Å²) < 4.78 is 0. The summed E-state index contributed by atoms with van der Waals surface area (Å²) in [5.74, 6) is 0. The van der Waals surface area contributed by atoms with Gasteiger partial charge in [-0.15, -0.1) is 0 Å². The molecule has 2 aromatic rings. The molecular formula is C13H16N2. The van der Waals surface area contributed by atoms with Gasteiger partial charge >= 0.3 is 0 Å². The average molecular weight is 200 g/mol. The van der Waals surface area contributed by atoms with Crippen LogP contribution in [-0.2, 0) is 5.41 Å². The van der Waals surface area contributed by atoms with E-state index in [4.69, 9.17) is 0 Å². The van der Waals surface area contributed by atoms with Crippen molar-refractivity contribution in [3.63, 3.8) is 0 Å². The predicted octanol–water partition coefficient (Wildman–Crippen LogP) is 3.24. The van der Waals surface area contributed by atoms with Gasteiger partial charge in [0.25, 0.3) is 0 Å². The molecule has 0 aliphatic carbocycles. The van der Waals surface area contributed by atoms with Gasteiger partial charge in [0.15, 0.2) is 0 Å². The number of aryl methyl sites for hydroxylation is 1. The van der Waals surface area contributed by atoms with Crippen LogP contribution in [0.4, 0.5) is 0 Å². The molecule has 0 saturated carbocycles. The van der Waals surface area contributed by atoms with E-state index < -0.39 is 0 Å². The summed E-state index contributed by atoms with van der Waals surface area (Å²) >= 11 is 0. The number of nitrogens with zero attached hydrogens (tertiary/aromatic N) is 2. The van der Waals surface area contributed by atoms with Crippen molar-refractivity contribution >= 4 is 10.8 Å². The minimum absolute atomic E-state index is 0.0420. The second-order valence-electron chi connectivity index (χ2n) is 4.93. The number of aromatic nitrogens is 2. The summed E-state index contributed by atoms with van der Waals surface area (Å²) in [6.07, 6.45) is 0. The van der Waals surface area contributed by atoms with E-state index in [1.54, 1.807) is 0 Å². The van der Waals surface area contributed by atoms with E-state index in [0.29, 0.717) is 0 Å². The smallest absolute Gasteiger partial charge is 0.0762 e. The molecule has 0 atom stereocenters. The zero-order valence-electron chi connectivity index (χ0n) is 9.70. The van der Waals surface area contributed by atoms with Crippen molar-refractivity contribution in [2.24, 2.45) is 0 Å². The Bertz CT molecular complexity index is 495. The highest BCUT2D eigenvalue weighted by atomic mass is 15.1. The molecule has 2 heteroatoms. The maximum Gasteiger partial charge on any atom is 0.0762 e. The highest BCUT2D eigenvalue weighted by Gasteiger charge is 2.19. The third kappa shape index (κ3) is 1.72. The lowest BCUT2D eigenvalue weighted by Crippen LogP contribution is -2.15. The minimum Gasteiger partial charge on any atom is -0.155 e. The van der Waals surface area contributed by atoms with Crippen LogP contribution in [0, 0.1) is 6.92 Å². The molecule has 0 unspecified atom stereocenters. The lowest BCUT2D eigenvalue weighted by atomic mass is 9.88. The van der Waals surface area contributed by atoms with Crippen LogP contribution in [0.2, 0.25) is 0 Å².